The lowest BCUT2D eigenvalue weighted by molar-refractivity contribution is -0.117. The quantitative estimate of drug-likeness (QED) is 0.527. The summed E-state index contributed by atoms with van der Waals surface area (Å²) in [5, 5.41) is 4.86. The largest absolute Gasteiger partial charge is 0.357 e. The smallest absolute Gasteiger partial charge is 0.244 e. The average Bonchev–Trinajstić information content (AvgIpc) is 3.51. The van der Waals surface area contributed by atoms with Gasteiger partial charge in [0.15, 0.2) is 5.13 Å². The molecule has 7 nitrogen and oxygen atoms in total. The van der Waals surface area contributed by atoms with Gasteiger partial charge in [-0.1, -0.05) is 18.2 Å². The number of halogens is 1. The molecule has 0 spiro atoms. The third-order valence-electron chi connectivity index (χ3n) is 5.22. The number of nitrogens with one attached hydrogen (secondary N) is 1. The molecular formula is C24H24FN5O2S. The van der Waals surface area contributed by atoms with E-state index in [-0.39, 0.29) is 17.5 Å². The Bertz CT molecular complexity index is 1160. The number of para-hydroxylation sites is 1. The van der Waals surface area contributed by atoms with Gasteiger partial charge < -0.3 is 10.2 Å². The first-order chi connectivity index (χ1) is 16.0. The Morgan fingerprint density at radius 1 is 1.21 bits per heavy atom. The second-order valence-corrected chi connectivity index (χ2v) is 8.47. The summed E-state index contributed by atoms with van der Waals surface area (Å²) < 4.78 is 14.2. The van der Waals surface area contributed by atoms with Crippen LogP contribution >= 0.6 is 11.3 Å². The van der Waals surface area contributed by atoms with Gasteiger partial charge in [0.05, 0.1) is 11.4 Å². The zero-order chi connectivity index (χ0) is 23.2. The second kappa shape index (κ2) is 10.4. The molecule has 33 heavy (non-hydrogen) atoms. The molecule has 1 saturated heterocycles. The predicted octanol–water partition coefficient (Wildman–Crippen LogP) is 4.29. The molecule has 1 aromatic carbocycles. The van der Waals surface area contributed by atoms with E-state index in [4.69, 9.17) is 0 Å². The molecule has 1 aliphatic heterocycles. The number of hydrogen-bond donors (Lipinski definition) is 1. The van der Waals surface area contributed by atoms with E-state index >= 15 is 0 Å². The highest BCUT2D eigenvalue weighted by atomic mass is 32.1. The zero-order valence-electron chi connectivity index (χ0n) is 18.2. The Balaban J connectivity index is 1.35. The fraction of sp³-hybridized carbons (Fsp3) is 0.250. The number of aromatic nitrogens is 2. The van der Waals surface area contributed by atoms with Crippen LogP contribution in [0.1, 0.15) is 31.0 Å². The number of thiazole rings is 1. The molecule has 0 atom stereocenters. The lowest BCUT2D eigenvalue weighted by atomic mass is 10.2. The van der Waals surface area contributed by atoms with Crippen LogP contribution in [0.4, 0.5) is 21.0 Å². The van der Waals surface area contributed by atoms with Gasteiger partial charge in [0.2, 0.25) is 11.8 Å². The number of hydrogen-bond acceptors (Lipinski definition) is 6. The highest BCUT2D eigenvalue weighted by molar-refractivity contribution is 7.14. The number of benzene rings is 1. The van der Waals surface area contributed by atoms with Crippen molar-refractivity contribution in [3.63, 3.8) is 0 Å². The highest BCUT2D eigenvalue weighted by Gasteiger charge is 2.20. The van der Waals surface area contributed by atoms with Gasteiger partial charge in [0.1, 0.15) is 11.6 Å². The van der Waals surface area contributed by atoms with Crippen molar-refractivity contribution in [3.8, 4) is 0 Å². The summed E-state index contributed by atoms with van der Waals surface area (Å²) in [7, 11) is 0. The maximum absolute atomic E-state index is 14.2. The number of carbonyl (C=O) groups excluding carboxylic acids is 2. The van der Waals surface area contributed by atoms with Crippen molar-refractivity contribution in [1.82, 2.24) is 15.3 Å². The van der Waals surface area contributed by atoms with Gasteiger partial charge in [0, 0.05) is 44.2 Å². The molecular weight excluding hydrogens is 441 g/mol. The Hall–Kier alpha value is -3.59. The van der Waals surface area contributed by atoms with Crippen LogP contribution in [0.25, 0.3) is 6.08 Å². The number of pyridine rings is 1. The van der Waals surface area contributed by atoms with Crippen LogP contribution in [-0.4, -0.2) is 34.9 Å². The number of anilines is 3. The summed E-state index contributed by atoms with van der Waals surface area (Å²) >= 11 is 1.20. The van der Waals surface area contributed by atoms with Crippen LogP contribution < -0.4 is 15.1 Å². The molecule has 1 fully saturated rings. The summed E-state index contributed by atoms with van der Waals surface area (Å²) in [5.41, 5.74) is 1.55. The molecule has 1 aliphatic rings. The first-order valence-corrected chi connectivity index (χ1v) is 11.6. The van der Waals surface area contributed by atoms with E-state index in [1.54, 1.807) is 29.8 Å². The summed E-state index contributed by atoms with van der Waals surface area (Å²) in [6, 6.07) is 9.98. The Morgan fingerprint density at radius 2 is 2.00 bits per heavy atom. The molecule has 3 heterocycles. The van der Waals surface area contributed by atoms with Crippen molar-refractivity contribution in [2.45, 2.75) is 26.3 Å². The molecule has 0 radical (unpaired) electrons. The monoisotopic (exact) mass is 465 g/mol. The second-order valence-electron chi connectivity index (χ2n) is 7.63. The third-order valence-corrected chi connectivity index (χ3v) is 6.06. The fourth-order valence-electron chi connectivity index (χ4n) is 3.56. The van der Waals surface area contributed by atoms with Gasteiger partial charge in [-0.25, -0.2) is 14.4 Å². The average molecular weight is 466 g/mol. The first-order valence-electron chi connectivity index (χ1n) is 10.7. The van der Waals surface area contributed by atoms with Crippen molar-refractivity contribution in [2.24, 2.45) is 0 Å². The molecule has 1 N–H and O–H groups in total. The van der Waals surface area contributed by atoms with Crippen LogP contribution in [-0.2, 0) is 16.1 Å². The van der Waals surface area contributed by atoms with E-state index in [0.29, 0.717) is 17.4 Å². The summed E-state index contributed by atoms with van der Waals surface area (Å²) in [6.07, 6.45) is 7.11. The third kappa shape index (κ3) is 5.61. The Kier molecular flexibility index (Phi) is 7.09. The zero-order valence-corrected chi connectivity index (χ0v) is 19.0. The van der Waals surface area contributed by atoms with E-state index in [1.807, 2.05) is 12.1 Å². The molecule has 0 aliphatic carbocycles. The molecule has 2 amide bonds. The molecule has 170 valence electrons. The molecule has 3 aromatic rings. The fourth-order valence-corrected chi connectivity index (χ4v) is 4.41. The summed E-state index contributed by atoms with van der Waals surface area (Å²) in [6.45, 7) is 3.79. The number of rotatable bonds is 7. The Labute approximate surface area is 195 Å². The Morgan fingerprint density at radius 3 is 2.70 bits per heavy atom. The molecule has 0 bridgehead atoms. The minimum Gasteiger partial charge on any atom is -0.357 e. The van der Waals surface area contributed by atoms with Crippen molar-refractivity contribution in [2.75, 3.05) is 22.9 Å². The lowest BCUT2D eigenvalue weighted by Gasteiger charge is -2.18. The van der Waals surface area contributed by atoms with Crippen molar-refractivity contribution in [1.29, 1.82) is 0 Å². The van der Waals surface area contributed by atoms with Crippen LogP contribution in [0, 0.1) is 5.82 Å². The molecule has 0 unspecified atom stereocenters. The molecule has 9 heteroatoms. The van der Waals surface area contributed by atoms with E-state index in [9.17, 15) is 14.0 Å². The van der Waals surface area contributed by atoms with E-state index in [2.05, 4.69) is 20.2 Å². The van der Waals surface area contributed by atoms with Gasteiger partial charge in [-0.15, -0.1) is 11.3 Å². The van der Waals surface area contributed by atoms with E-state index < -0.39 is 5.82 Å². The van der Waals surface area contributed by atoms with Gasteiger partial charge >= 0.3 is 0 Å². The highest BCUT2D eigenvalue weighted by Crippen LogP contribution is 2.31. The normalized spacial score (nSPS) is 13.5. The van der Waals surface area contributed by atoms with Crippen LogP contribution in [0.3, 0.4) is 0 Å². The van der Waals surface area contributed by atoms with Crippen molar-refractivity contribution >= 4 is 45.9 Å². The maximum atomic E-state index is 14.2. The molecule has 4 rings (SSSR count). The maximum Gasteiger partial charge on any atom is 0.244 e. The molecule has 0 saturated carbocycles. The van der Waals surface area contributed by atoms with Gasteiger partial charge in [0.25, 0.3) is 0 Å². The minimum absolute atomic E-state index is 0.136. The summed E-state index contributed by atoms with van der Waals surface area (Å²) in [5.74, 6) is -0.170. The topological polar surface area (TPSA) is 78.4 Å². The molecule has 2 aromatic heterocycles. The van der Waals surface area contributed by atoms with Gasteiger partial charge in [-0.2, -0.15) is 0 Å². The van der Waals surface area contributed by atoms with E-state index in [0.717, 1.165) is 24.5 Å². The SMILES string of the molecule is CC(=O)N(c1nc(/C=C/C(=O)NCc2ccc(N3CCCC3)nc2)cs1)c1ccccc1F. The van der Waals surface area contributed by atoms with Gasteiger partial charge in [-0.3, -0.25) is 14.5 Å². The van der Waals surface area contributed by atoms with Crippen LogP contribution in [0.15, 0.2) is 54.1 Å². The van der Waals surface area contributed by atoms with Crippen LogP contribution in [0.2, 0.25) is 0 Å². The van der Waals surface area contributed by atoms with E-state index in [1.165, 1.54) is 54.2 Å². The standard InChI is InChI=1S/C24H24FN5O2S/c1-17(31)30(21-7-3-2-6-20(21)25)24-28-19(16-33-24)9-11-23(32)27-15-18-8-10-22(26-14-18)29-12-4-5-13-29/h2-3,6-11,14,16H,4-5,12-13,15H2,1H3,(H,27,32)/b11-9+. The van der Waals surface area contributed by atoms with Gasteiger partial charge in [-0.05, 0) is 42.7 Å². The number of carbonyl (C=O) groups is 2. The minimum atomic E-state index is -0.512. The van der Waals surface area contributed by atoms with Crippen molar-refractivity contribution in [3.05, 3.63) is 71.1 Å². The van der Waals surface area contributed by atoms with Crippen molar-refractivity contribution < 1.29 is 14.0 Å². The number of amides is 2. The first kappa shape index (κ1) is 22.6. The number of nitrogens with zero attached hydrogens (tertiary/aromatic N) is 4. The predicted molar refractivity (Wildman–Crippen MR) is 128 cm³/mol. The lowest BCUT2D eigenvalue weighted by Crippen LogP contribution is -2.23. The summed E-state index contributed by atoms with van der Waals surface area (Å²) in [4.78, 5) is 36.7. The van der Waals surface area contributed by atoms with Crippen LogP contribution in [0.5, 0.6) is 0 Å².